The molecule has 20 heavy (non-hydrogen) atoms. The average Bonchev–Trinajstić information content (AvgIpc) is 2.69. The highest BCUT2D eigenvalue weighted by Gasteiger charge is 2.23. The summed E-state index contributed by atoms with van der Waals surface area (Å²) in [5, 5.41) is 3.59. The predicted octanol–water partition coefficient (Wildman–Crippen LogP) is 4.04. The third-order valence-electron chi connectivity index (χ3n) is 4.02. The lowest BCUT2D eigenvalue weighted by Crippen LogP contribution is -2.41. The van der Waals surface area contributed by atoms with Gasteiger partial charge in [-0.05, 0) is 31.9 Å². The summed E-state index contributed by atoms with van der Waals surface area (Å²) in [6, 6.07) is 7.31. The Hall–Kier alpha value is -0.930. The van der Waals surface area contributed by atoms with E-state index < -0.39 is 0 Å². The molecule has 2 nitrogen and oxygen atoms in total. The Morgan fingerprint density at radius 2 is 2.00 bits per heavy atom. The molecule has 0 heterocycles. The molecule has 1 aromatic rings. The van der Waals surface area contributed by atoms with Crippen molar-refractivity contribution in [1.82, 2.24) is 5.32 Å². The standard InChI is InChI=1S/C17H26FNO/c1-2-12-19-16-10-4-3-5-11-17(16)20-13-14-8-6-7-9-15(14)18/h6-9,16-17,19H,2-5,10-13H2,1H3. The minimum Gasteiger partial charge on any atom is -0.372 e. The van der Waals surface area contributed by atoms with Gasteiger partial charge < -0.3 is 10.1 Å². The number of halogens is 1. The van der Waals surface area contributed by atoms with Gasteiger partial charge >= 0.3 is 0 Å². The van der Waals surface area contributed by atoms with Gasteiger partial charge in [-0.2, -0.15) is 0 Å². The van der Waals surface area contributed by atoms with Crippen molar-refractivity contribution < 1.29 is 9.13 Å². The molecule has 1 aromatic carbocycles. The van der Waals surface area contributed by atoms with Crippen LogP contribution in [0, 0.1) is 5.82 Å². The maximum absolute atomic E-state index is 13.6. The second-order valence-electron chi connectivity index (χ2n) is 5.64. The van der Waals surface area contributed by atoms with Crippen LogP contribution in [0.4, 0.5) is 4.39 Å². The molecule has 0 aromatic heterocycles. The van der Waals surface area contributed by atoms with Crippen molar-refractivity contribution in [2.24, 2.45) is 0 Å². The van der Waals surface area contributed by atoms with Gasteiger partial charge in [0, 0.05) is 11.6 Å². The highest BCUT2D eigenvalue weighted by Crippen LogP contribution is 2.22. The zero-order valence-electron chi connectivity index (χ0n) is 12.4. The third-order valence-corrected chi connectivity index (χ3v) is 4.02. The molecule has 1 N–H and O–H groups in total. The van der Waals surface area contributed by atoms with E-state index in [9.17, 15) is 4.39 Å². The number of rotatable bonds is 6. The van der Waals surface area contributed by atoms with Gasteiger partial charge in [-0.1, -0.05) is 44.4 Å². The first-order valence-electron chi connectivity index (χ1n) is 7.89. The summed E-state index contributed by atoms with van der Waals surface area (Å²) in [7, 11) is 0. The molecule has 2 rings (SSSR count). The number of benzene rings is 1. The van der Waals surface area contributed by atoms with E-state index in [0.717, 1.165) is 19.4 Å². The molecule has 0 spiro atoms. The Kier molecular flexibility index (Phi) is 6.48. The van der Waals surface area contributed by atoms with E-state index in [-0.39, 0.29) is 11.9 Å². The Labute approximate surface area is 121 Å². The first-order chi connectivity index (χ1) is 9.81. The van der Waals surface area contributed by atoms with Crippen molar-refractivity contribution in [2.45, 2.75) is 64.2 Å². The van der Waals surface area contributed by atoms with Crippen LogP contribution in [0.2, 0.25) is 0 Å². The largest absolute Gasteiger partial charge is 0.372 e. The fourth-order valence-electron chi connectivity index (χ4n) is 2.85. The fraction of sp³-hybridized carbons (Fsp3) is 0.647. The SMILES string of the molecule is CCCNC1CCCCCC1OCc1ccccc1F. The van der Waals surface area contributed by atoms with Gasteiger partial charge in [-0.15, -0.1) is 0 Å². The second kappa shape index (κ2) is 8.38. The summed E-state index contributed by atoms with van der Waals surface area (Å²) >= 11 is 0. The topological polar surface area (TPSA) is 21.3 Å². The van der Waals surface area contributed by atoms with Crippen LogP contribution in [-0.2, 0) is 11.3 Å². The molecule has 2 unspecified atom stereocenters. The van der Waals surface area contributed by atoms with Gasteiger partial charge in [0.25, 0.3) is 0 Å². The van der Waals surface area contributed by atoms with Gasteiger partial charge in [0.1, 0.15) is 5.82 Å². The summed E-state index contributed by atoms with van der Waals surface area (Å²) in [5.41, 5.74) is 0.658. The van der Waals surface area contributed by atoms with E-state index in [1.165, 1.54) is 31.7 Å². The molecule has 112 valence electrons. The van der Waals surface area contributed by atoms with Crippen LogP contribution in [0.15, 0.2) is 24.3 Å². The zero-order valence-corrected chi connectivity index (χ0v) is 12.4. The van der Waals surface area contributed by atoms with Crippen molar-refractivity contribution in [3.05, 3.63) is 35.6 Å². The molecule has 0 bridgehead atoms. The lowest BCUT2D eigenvalue weighted by Gasteiger charge is -2.26. The van der Waals surface area contributed by atoms with Crippen LogP contribution in [-0.4, -0.2) is 18.7 Å². The van der Waals surface area contributed by atoms with Crippen molar-refractivity contribution in [2.75, 3.05) is 6.54 Å². The highest BCUT2D eigenvalue weighted by atomic mass is 19.1. The summed E-state index contributed by atoms with van der Waals surface area (Å²) in [6.07, 6.45) is 7.36. The number of hydrogen-bond donors (Lipinski definition) is 1. The zero-order chi connectivity index (χ0) is 14.2. The van der Waals surface area contributed by atoms with Crippen LogP contribution in [0.3, 0.4) is 0 Å². The quantitative estimate of drug-likeness (QED) is 0.793. The number of hydrogen-bond acceptors (Lipinski definition) is 2. The van der Waals surface area contributed by atoms with E-state index in [0.29, 0.717) is 18.2 Å². The van der Waals surface area contributed by atoms with Crippen LogP contribution in [0.1, 0.15) is 51.0 Å². The van der Waals surface area contributed by atoms with E-state index in [1.807, 2.05) is 6.07 Å². The predicted molar refractivity (Wildman–Crippen MR) is 80.1 cm³/mol. The minimum atomic E-state index is -0.167. The Balaban J connectivity index is 1.91. The molecule has 0 radical (unpaired) electrons. The first kappa shape index (κ1) is 15.5. The summed E-state index contributed by atoms with van der Waals surface area (Å²) in [6.45, 7) is 3.59. The van der Waals surface area contributed by atoms with Gasteiger partial charge in [0.15, 0.2) is 0 Å². The molecule has 0 aliphatic heterocycles. The van der Waals surface area contributed by atoms with Crippen LogP contribution < -0.4 is 5.32 Å². The Bertz CT molecular complexity index is 396. The first-order valence-corrected chi connectivity index (χ1v) is 7.89. The van der Waals surface area contributed by atoms with Crippen LogP contribution in [0.25, 0.3) is 0 Å². The number of nitrogens with one attached hydrogen (secondary N) is 1. The average molecular weight is 279 g/mol. The Morgan fingerprint density at radius 3 is 2.80 bits per heavy atom. The number of ether oxygens (including phenoxy) is 1. The molecular formula is C17H26FNO. The summed E-state index contributed by atoms with van der Waals surface area (Å²) < 4.78 is 19.7. The van der Waals surface area contributed by atoms with Crippen molar-refractivity contribution in [1.29, 1.82) is 0 Å². The van der Waals surface area contributed by atoms with E-state index in [4.69, 9.17) is 4.74 Å². The van der Waals surface area contributed by atoms with Crippen molar-refractivity contribution >= 4 is 0 Å². The molecule has 2 atom stereocenters. The molecule has 1 saturated carbocycles. The van der Waals surface area contributed by atoms with Gasteiger partial charge in [0.05, 0.1) is 12.7 Å². The maximum Gasteiger partial charge on any atom is 0.128 e. The monoisotopic (exact) mass is 279 g/mol. The molecule has 1 aliphatic carbocycles. The second-order valence-corrected chi connectivity index (χ2v) is 5.64. The molecule has 3 heteroatoms. The van der Waals surface area contributed by atoms with Crippen LogP contribution >= 0.6 is 0 Å². The lowest BCUT2D eigenvalue weighted by molar-refractivity contribution is 0.00950. The van der Waals surface area contributed by atoms with Crippen LogP contribution in [0.5, 0.6) is 0 Å². The molecule has 1 fully saturated rings. The summed E-state index contributed by atoms with van der Waals surface area (Å²) in [5.74, 6) is -0.167. The summed E-state index contributed by atoms with van der Waals surface area (Å²) in [4.78, 5) is 0. The molecule has 0 saturated heterocycles. The van der Waals surface area contributed by atoms with Crippen molar-refractivity contribution in [3.8, 4) is 0 Å². The van der Waals surface area contributed by atoms with Gasteiger partial charge in [0.2, 0.25) is 0 Å². The maximum atomic E-state index is 13.6. The fourth-order valence-corrected chi connectivity index (χ4v) is 2.85. The lowest BCUT2D eigenvalue weighted by atomic mass is 10.1. The normalized spacial score (nSPS) is 23.5. The molecule has 0 amide bonds. The Morgan fingerprint density at radius 1 is 1.20 bits per heavy atom. The highest BCUT2D eigenvalue weighted by molar-refractivity contribution is 5.16. The van der Waals surface area contributed by atoms with E-state index in [2.05, 4.69) is 12.2 Å². The van der Waals surface area contributed by atoms with Crippen molar-refractivity contribution in [3.63, 3.8) is 0 Å². The smallest absolute Gasteiger partial charge is 0.128 e. The molecule has 1 aliphatic rings. The minimum absolute atomic E-state index is 0.167. The molecular weight excluding hydrogens is 253 g/mol. The van der Waals surface area contributed by atoms with E-state index >= 15 is 0 Å². The van der Waals surface area contributed by atoms with E-state index in [1.54, 1.807) is 12.1 Å². The third kappa shape index (κ3) is 4.57. The van der Waals surface area contributed by atoms with Gasteiger partial charge in [-0.25, -0.2) is 4.39 Å². The van der Waals surface area contributed by atoms with Gasteiger partial charge in [-0.3, -0.25) is 0 Å².